The van der Waals surface area contributed by atoms with E-state index in [9.17, 15) is 22.4 Å². The largest absolute Gasteiger partial charge is 0.460 e. The number of fused-ring (bicyclic) bond motifs is 1. The first-order valence-electron chi connectivity index (χ1n) is 10.2. The molecule has 34 heavy (non-hydrogen) atoms. The molecule has 3 aromatic carbocycles. The first kappa shape index (κ1) is 23.0. The van der Waals surface area contributed by atoms with Gasteiger partial charge in [-0.05, 0) is 61.5 Å². The van der Waals surface area contributed by atoms with E-state index < -0.39 is 27.7 Å². The molecular formula is C24H19FN2O6S. The van der Waals surface area contributed by atoms with Crippen LogP contribution in [0.1, 0.15) is 27.8 Å². The fraction of sp³-hybridized carbons (Fsp3) is 0.0833. The van der Waals surface area contributed by atoms with Crippen LogP contribution >= 0.6 is 0 Å². The molecule has 0 unspecified atom stereocenters. The summed E-state index contributed by atoms with van der Waals surface area (Å²) < 4.78 is 51.3. The minimum Gasteiger partial charge on any atom is -0.460 e. The van der Waals surface area contributed by atoms with Crippen LogP contribution in [0.3, 0.4) is 0 Å². The molecule has 0 spiro atoms. The third-order valence-corrected chi connectivity index (χ3v) is 6.19. The van der Waals surface area contributed by atoms with E-state index in [1.807, 2.05) is 0 Å². The zero-order valence-corrected chi connectivity index (χ0v) is 18.7. The Morgan fingerprint density at radius 1 is 1.00 bits per heavy atom. The number of carbonyl (C=O) groups excluding carboxylic acids is 2. The summed E-state index contributed by atoms with van der Waals surface area (Å²) >= 11 is 0. The van der Waals surface area contributed by atoms with E-state index in [2.05, 4.69) is 10.0 Å². The molecule has 1 heterocycles. The Bertz CT molecular complexity index is 1480. The molecule has 0 saturated heterocycles. The summed E-state index contributed by atoms with van der Waals surface area (Å²) in [6.45, 7) is 1.77. The maximum Gasteiger partial charge on any atom is 0.376 e. The second-order valence-corrected chi connectivity index (χ2v) is 8.80. The maximum absolute atomic E-state index is 13.1. The van der Waals surface area contributed by atoms with Gasteiger partial charge in [0.2, 0.25) is 5.76 Å². The summed E-state index contributed by atoms with van der Waals surface area (Å²) in [4.78, 5) is 25.2. The van der Waals surface area contributed by atoms with E-state index in [-0.39, 0.29) is 34.2 Å². The maximum atomic E-state index is 13.1. The normalized spacial score (nSPS) is 11.2. The highest BCUT2D eigenvalue weighted by atomic mass is 32.2. The summed E-state index contributed by atoms with van der Waals surface area (Å²) in [6.07, 6.45) is 0. The fourth-order valence-corrected chi connectivity index (χ4v) is 4.30. The van der Waals surface area contributed by atoms with Crippen LogP contribution in [0.5, 0.6) is 0 Å². The Balaban J connectivity index is 1.61. The molecule has 0 aliphatic heterocycles. The number of halogens is 1. The van der Waals surface area contributed by atoms with Gasteiger partial charge in [0.25, 0.3) is 15.9 Å². The molecule has 1 amide bonds. The lowest BCUT2D eigenvalue weighted by molar-refractivity contribution is 0.0494. The molecule has 0 aliphatic rings. The number of carbonyl (C=O) groups is 2. The number of hydrogen-bond acceptors (Lipinski definition) is 6. The van der Waals surface area contributed by atoms with Gasteiger partial charge in [0.05, 0.1) is 11.5 Å². The Morgan fingerprint density at radius 2 is 1.74 bits per heavy atom. The number of anilines is 2. The Morgan fingerprint density at radius 3 is 2.47 bits per heavy atom. The van der Waals surface area contributed by atoms with Gasteiger partial charge in [-0.1, -0.05) is 18.2 Å². The zero-order chi connectivity index (χ0) is 24.3. The molecule has 174 valence electrons. The molecule has 0 fully saturated rings. The first-order valence-corrected chi connectivity index (χ1v) is 11.7. The van der Waals surface area contributed by atoms with Crippen molar-refractivity contribution in [3.63, 3.8) is 0 Å². The monoisotopic (exact) mass is 482 g/mol. The summed E-state index contributed by atoms with van der Waals surface area (Å²) in [6, 6.07) is 16.9. The van der Waals surface area contributed by atoms with E-state index >= 15 is 0 Å². The fourth-order valence-electron chi connectivity index (χ4n) is 3.25. The molecule has 2 N–H and O–H groups in total. The van der Waals surface area contributed by atoms with E-state index in [0.717, 1.165) is 24.3 Å². The van der Waals surface area contributed by atoms with Crippen LogP contribution in [0.25, 0.3) is 11.0 Å². The van der Waals surface area contributed by atoms with E-state index in [1.54, 1.807) is 31.2 Å². The zero-order valence-electron chi connectivity index (χ0n) is 17.9. The predicted molar refractivity (Wildman–Crippen MR) is 124 cm³/mol. The predicted octanol–water partition coefficient (Wildman–Crippen LogP) is 4.80. The Hall–Kier alpha value is -4.18. The Labute approximate surface area is 194 Å². The van der Waals surface area contributed by atoms with E-state index in [4.69, 9.17) is 9.15 Å². The highest BCUT2D eigenvalue weighted by Crippen LogP contribution is 2.32. The van der Waals surface area contributed by atoms with Crippen LogP contribution in [0.4, 0.5) is 15.8 Å². The number of nitrogens with one attached hydrogen (secondary N) is 2. The van der Waals surface area contributed by atoms with Gasteiger partial charge in [0.15, 0.2) is 0 Å². The molecular weight excluding hydrogens is 463 g/mol. The van der Waals surface area contributed by atoms with Crippen molar-refractivity contribution in [3.8, 4) is 0 Å². The Kier molecular flexibility index (Phi) is 6.33. The lowest BCUT2D eigenvalue weighted by Gasteiger charge is -2.10. The number of ether oxygens (including phenoxy) is 1. The molecule has 10 heteroatoms. The molecule has 8 nitrogen and oxygen atoms in total. The molecule has 1 aromatic heterocycles. The van der Waals surface area contributed by atoms with Gasteiger partial charge in [0.1, 0.15) is 17.1 Å². The number of esters is 1. The third kappa shape index (κ3) is 4.76. The number of para-hydroxylation sites is 1. The SMILES string of the molecule is CCOC(=O)c1oc2ccccc2c1NC(=O)c1cccc(NS(=O)(=O)c2ccc(F)cc2)c1. The van der Waals surface area contributed by atoms with E-state index in [1.165, 1.54) is 24.3 Å². The highest BCUT2D eigenvalue weighted by molar-refractivity contribution is 7.92. The van der Waals surface area contributed by atoms with Crippen molar-refractivity contribution in [2.45, 2.75) is 11.8 Å². The number of furan rings is 1. The second kappa shape index (κ2) is 9.36. The molecule has 4 rings (SSSR count). The van der Waals surface area contributed by atoms with Gasteiger partial charge >= 0.3 is 5.97 Å². The molecule has 0 bridgehead atoms. The third-order valence-electron chi connectivity index (χ3n) is 4.80. The van der Waals surface area contributed by atoms with Crippen molar-refractivity contribution in [1.82, 2.24) is 0 Å². The van der Waals surface area contributed by atoms with Crippen LogP contribution in [0.15, 0.2) is 82.1 Å². The van der Waals surface area contributed by atoms with Crippen molar-refractivity contribution in [2.24, 2.45) is 0 Å². The standard InChI is InChI=1S/C24H19FN2O6S/c1-2-32-24(29)22-21(19-8-3-4-9-20(19)33-22)26-23(28)15-6-5-7-17(14-15)27-34(30,31)18-12-10-16(25)11-13-18/h3-14,27H,2H2,1H3,(H,26,28). The average Bonchev–Trinajstić information content (AvgIpc) is 3.18. The molecule has 0 saturated carbocycles. The van der Waals surface area contributed by atoms with Crippen LogP contribution in [0.2, 0.25) is 0 Å². The molecule has 4 aromatic rings. The topological polar surface area (TPSA) is 115 Å². The van der Waals surface area contributed by atoms with Crippen LogP contribution in [-0.2, 0) is 14.8 Å². The summed E-state index contributed by atoms with van der Waals surface area (Å²) in [5.41, 5.74) is 0.789. The smallest absolute Gasteiger partial charge is 0.376 e. The van der Waals surface area contributed by atoms with Crippen molar-refractivity contribution >= 4 is 44.2 Å². The van der Waals surface area contributed by atoms with Gasteiger partial charge < -0.3 is 14.5 Å². The summed E-state index contributed by atoms with van der Waals surface area (Å²) in [5, 5.41) is 3.17. The number of benzene rings is 3. The summed E-state index contributed by atoms with van der Waals surface area (Å²) in [5.74, 6) is -2.04. The van der Waals surface area contributed by atoms with Gasteiger partial charge in [-0.2, -0.15) is 0 Å². The van der Waals surface area contributed by atoms with Crippen molar-refractivity contribution in [1.29, 1.82) is 0 Å². The molecule has 0 radical (unpaired) electrons. The number of rotatable bonds is 7. The van der Waals surface area contributed by atoms with Crippen molar-refractivity contribution in [2.75, 3.05) is 16.6 Å². The lowest BCUT2D eigenvalue weighted by Crippen LogP contribution is -2.16. The number of amides is 1. The molecule has 0 atom stereocenters. The highest BCUT2D eigenvalue weighted by Gasteiger charge is 2.24. The van der Waals surface area contributed by atoms with Gasteiger partial charge in [0, 0.05) is 16.6 Å². The van der Waals surface area contributed by atoms with Crippen molar-refractivity contribution < 1.29 is 31.6 Å². The van der Waals surface area contributed by atoms with Gasteiger partial charge in [-0.25, -0.2) is 17.6 Å². The first-order chi connectivity index (χ1) is 16.3. The van der Waals surface area contributed by atoms with Crippen LogP contribution in [0, 0.1) is 5.82 Å². The van der Waals surface area contributed by atoms with Gasteiger partial charge in [-0.15, -0.1) is 0 Å². The quantitative estimate of drug-likeness (QED) is 0.366. The van der Waals surface area contributed by atoms with Crippen LogP contribution in [-0.4, -0.2) is 26.9 Å². The number of hydrogen-bond donors (Lipinski definition) is 2. The van der Waals surface area contributed by atoms with Crippen molar-refractivity contribution in [3.05, 3.63) is 89.9 Å². The van der Waals surface area contributed by atoms with E-state index in [0.29, 0.717) is 11.0 Å². The average molecular weight is 482 g/mol. The molecule has 0 aliphatic carbocycles. The van der Waals surface area contributed by atoms with Crippen LogP contribution < -0.4 is 10.0 Å². The second-order valence-electron chi connectivity index (χ2n) is 7.12. The number of sulfonamides is 1. The lowest BCUT2D eigenvalue weighted by atomic mass is 10.1. The minimum atomic E-state index is -4.00. The minimum absolute atomic E-state index is 0.124. The summed E-state index contributed by atoms with van der Waals surface area (Å²) in [7, 11) is -4.00. The van der Waals surface area contributed by atoms with Gasteiger partial charge in [-0.3, -0.25) is 9.52 Å².